The molecule has 0 bridgehead atoms. The molecular weight excluding hydrogens is 430 g/mol. The molecule has 1 heterocycles. The molecule has 7 nitrogen and oxygen atoms in total. The van der Waals surface area contributed by atoms with Gasteiger partial charge in [0.25, 0.3) is 0 Å². The van der Waals surface area contributed by atoms with E-state index in [1.807, 2.05) is 63.3 Å². The van der Waals surface area contributed by atoms with E-state index in [0.717, 1.165) is 36.3 Å². The second-order valence-electron chi connectivity index (χ2n) is 9.23. The van der Waals surface area contributed by atoms with Crippen LogP contribution in [0.5, 0.6) is 0 Å². The van der Waals surface area contributed by atoms with Gasteiger partial charge in [-0.15, -0.1) is 0 Å². The summed E-state index contributed by atoms with van der Waals surface area (Å²) in [5.41, 5.74) is 2.73. The molecule has 0 spiro atoms. The number of carbonyl (C=O) groups is 2. The Morgan fingerprint density at radius 3 is 2.29 bits per heavy atom. The van der Waals surface area contributed by atoms with Crippen molar-refractivity contribution >= 4 is 23.9 Å². The van der Waals surface area contributed by atoms with Gasteiger partial charge in [0.15, 0.2) is 0 Å². The number of anilines is 1. The summed E-state index contributed by atoms with van der Waals surface area (Å²) in [4.78, 5) is 28.0. The maximum absolute atomic E-state index is 12.2. The number of nitrogens with zero attached hydrogens (tertiary/aromatic N) is 2. The van der Waals surface area contributed by atoms with Crippen LogP contribution >= 0.6 is 0 Å². The van der Waals surface area contributed by atoms with Gasteiger partial charge in [0, 0.05) is 38.4 Å². The predicted molar refractivity (Wildman–Crippen MR) is 135 cm³/mol. The Balaban J connectivity index is 1.34. The summed E-state index contributed by atoms with van der Waals surface area (Å²) in [6, 6.07) is 18.0. The summed E-state index contributed by atoms with van der Waals surface area (Å²) >= 11 is 0. The number of hydrogen-bond acceptors (Lipinski definition) is 5. The number of amides is 2. The Kier molecular flexibility index (Phi) is 8.96. The van der Waals surface area contributed by atoms with E-state index >= 15 is 0 Å². The Hall–Kier alpha value is -3.48. The minimum Gasteiger partial charge on any atom is -0.445 e. The standard InChI is InChI=1S/C27H35N3O4/c1-27(2,3)34-26(32)30-19-17-29(18-20-30)24-14-12-22(13-15-24)9-7-8-16-28-25(31)33-21-23-10-5-4-6-11-23/h4-7,9-15H,8,16-21H2,1-3H3,(H,28,31). The first-order valence-corrected chi connectivity index (χ1v) is 11.7. The highest BCUT2D eigenvalue weighted by Crippen LogP contribution is 2.19. The average molecular weight is 466 g/mol. The fraction of sp³-hybridized carbons (Fsp3) is 0.407. The molecule has 0 aromatic heterocycles. The quantitative estimate of drug-likeness (QED) is 0.578. The van der Waals surface area contributed by atoms with E-state index in [9.17, 15) is 9.59 Å². The largest absolute Gasteiger partial charge is 0.445 e. The van der Waals surface area contributed by atoms with Gasteiger partial charge in [-0.25, -0.2) is 9.59 Å². The summed E-state index contributed by atoms with van der Waals surface area (Å²) in [5.74, 6) is 0. The second-order valence-corrected chi connectivity index (χ2v) is 9.23. The van der Waals surface area contributed by atoms with Crippen molar-refractivity contribution in [3.05, 3.63) is 71.8 Å². The van der Waals surface area contributed by atoms with Crippen LogP contribution in [0.15, 0.2) is 60.7 Å². The molecule has 2 aromatic rings. The molecule has 7 heteroatoms. The van der Waals surface area contributed by atoms with E-state index < -0.39 is 11.7 Å². The highest BCUT2D eigenvalue weighted by Gasteiger charge is 2.25. The van der Waals surface area contributed by atoms with Gasteiger partial charge in [0.05, 0.1) is 0 Å². The van der Waals surface area contributed by atoms with E-state index in [0.29, 0.717) is 19.6 Å². The molecule has 1 saturated heterocycles. The molecule has 1 aliphatic heterocycles. The van der Waals surface area contributed by atoms with E-state index in [1.54, 1.807) is 4.90 Å². The van der Waals surface area contributed by atoms with Crippen molar-refractivity contribution in [2.24, 2.45) is 0 Å². The minimum atomic E-state index is -0.473. The van der Waals surface area contributed by atoms with Gasteiger partial charge in [-0.05, 0) is 50.5 Å². The molecule has 0 aliphatic carbocycles. The Labute approximate surface area is 202 Å². The Bertz CT molecular complexity index is 944. The SMILES string of the molecule is CC(C)(C)OC(=O)N1CCN(c2ccc(C=CCCNC(=O)OCc3ccccc3)cc2)CC1. The van der Waals surface area contributed by atoms with Crippen LogP contribution in [-0.4, -0.2) is 55.4 Å². The van der Waals surface area contributed by atoms with Crippen LogP contribution < -0.4 is 10.2 Å². The van der Waals surface area contributed by atoms with Crippen LogP contribution in [0.2, 0.25) is 0 Å². The number of piperazine rings is 1. The van der Waals surface area contributed by atoms with Crippen LogP contribution in [0, 0.1) is 0 Å². The normalized spacial score (nSPS) is 14.2. The van der Waals surface area contributed by atoms with E-state index in [2.05, 4.69) is 34.5 Å². The van der Waals surface area contributed by atoms with Crippen molar-refractivity contribution < 1.29 is 19.1 Å². The molecule has 1 aliphatic rings. The zero-order valence-electron chi connectivity index (χ0n) is 20.3. The average Bonchev–Trinajstić information content (AvgIpc) is 2.83. The third-order valence-electron chi connectivity index (χ3n) is 5.29. The third kappa shape index (κ3) is 8.46. The first kappa shape index (κ1) is 25.1. The van der Waals surface area contributed by atoms with Crippen molar-refractivity contribution in [1.29, 1.82) is 0 Å². The Morgan fingerprint density at radius 2 is 1.65 bits per heavy atom. The van der Waals surface area contributed by atoms with Crippen LogP contribution in [0.25, 0.3) is 6.08 Å². The maximum atomic E-state index is 12.2. The van der Waals surface area contributed by atoms with Gasteiger partial charge in [-0.3, -0.25) is 0 Å². The van der Waals surface area contributed by atoms with Gasteiger partial charge < -0.3 is 24.6 Å². The van der Waals surface area contributed by atoms with Crippen molar-refractivity contribution in [2.75, 3.05) is 37.6 Å². The molecule has 0 unspecified atom stereocenters. The molecule has 1 fully saturated rings. The zero-order chi connectivity index (χ0) is 24.4. The van der Waals surface area contributed by atoms with Crippen LogP contribution in [0.3, 0.4) is 0 Å². The second kappa shape index (κ2) is 12.1. The molecule has 2 amide bonds. The maximum Gasteiger partial charge on any atom is 0.410 e. The molecule has 0 saturated carbocycles. The summed E-state index contributed by atoms with van der Waals surface area (Å²) in [6.45, 7) is 9.29. The third-order valence-corrected chi connectivity index (χ3v) is 5.29. The fourth-order valence-electron chi connectivity index (χ4n) is 3.52. The number of carbonyl (C=O) groups excluding carboxylic acids is 2. The highest BCUT2D eigenvalue weighted by atomic mass is 16.6. The highest BCUT2D eigenvalue weighted by molar-refractivity contribution is 5.69. The van der Waals surface area contributed by atoms with E-state index in [4.69, 9.17) is 9.47 Å². The van der Waals surface area contributed by atoms with Gasteiger partial charge in [-0.1, -0.05) is 54.6 Å². The molecule has 34 heavy (non-hydrogen) atoms. The predicted octanol–water partition coefficient (Wildman–Crippen LogP) is 5.07. The molecule has 0 atom stereocenters. The summed E-state index contributed by atoms with van der Waals surface area (Å²) < 4.78 is 10.7. The molecule has 0 radical (unpaired) electrons. The molecule has 3 rings (SSSR count). The smallest absolute Gasteiger partial charge is 0.410 e. The van der Waals surface area contributed by atoms with Gasteiger partial charge in [0.1, 0.15) is 12.2 Å². The van der Waals surface area contributed by atoms with Crippen molar-refractivity contribution in [3.63, 3.8) is 0 Å². The van der Waals surface area contributed by atoms with Crippen molar-refractivity contribution in [1.82, 2.24) is 10.2 Å². The number of rotatable bonds is 7. The molecular formula is C27H35N3O4. The number of alkyl carbamates (subject to hydrolysis) is 1. The lowest BCUT2D eigenvalue weighted by atomic mass is 10.1. The number of nitrogens with one attached hydrogen (secondary N) is 1. The zero-order valence-corrected chi connectivity index (χ0v) is 20.3. The lowest BCUT2D eigenvalue weighted by Crippen LogP contribution is -2.50. The molecule has 182 valence electrons. The van der Waals surface area contributed by atoms with Crippen molar-refractivity contribution in [2.45, 2.75) is 39.4 Å². The van der Waals surface area contributed by atoms with E-state index in [1.165, 1.54) is 0 Å². The minimum absolute atomic E-state index is 0.244. The monoisotopic (exact) mass is 465 g/mol. The number of ether oxygens (including phenoxy) is 2. The molecule has 1 N–H and O–H groups in total. The van der Waals surface area contributed by atoms with Crippen LogP contribution in [0.1, 0.15) is 38.3 Å². The Morgan fingerprint density at radius 1 is 0.971 bits per heavy atom. The number of benzene rings is 2. The van der Waals surface area contributed by atoms with E-state index in [-0.39, 0.29) is 12.7 Å². The first-order chi connectivity index (χ1) is 16.3. The lowest BCUT2D eigenvalue weighted by molar-refractivity contribution is 0.0240. The van der Waals surface area contributed by atoms with Crippen LogP contribution in [0.4, 0.5) is 15.3 Å². The summed E-state index contributed by atoms with van der Waals surface area (Å²) in [7, 11) is 0. The summed E-state index contributed by atoms with van der Waals surface area (Å²) in [6.07, 6.45) is 4.14. The van der Waals surface area contributed by atoms with Gasteiger partial charge in [0.2, 0.25) is 0 Å². The topological polar surface area (TPSA) is 71.1 Å². The summed E-state index contributed by atoms with van der Waals surface area (Å²) in [5, 5.41) is 2.76. The molecule has 2 aromatic carbocycles. The van der Waals surface area contributed by atoms with Gasteiger partial charge in [-0.2, -0.15) is 0 Å². The first-order valence-electron chi connectivity index (χ1n) is 11.7. The van der Waals surface area contributed by atoms with Gasteiger partial charge >= 0.3 is 12.2 Å². The fourth-order valence-corrected chi connectivity index (χ4v) is 3.52. The van der Waals surface area contributed by atoms with Crippen LogP contribution in [-0.2, 0) is 16.1 Å². The number of hydrogen-bond donors (Lipinski definition) is 1. The van der Waals surface area contributed by atoms with Crippen molar-refractivity contribution in [3.8, 4) is 0 Å². The lowest BCUT2D eigenvalue weighted by Gasteiger charge is -2.36.